The van der Waals surface area contributed by atoms with Crippen LogP contribution in [-0.4, -0.2) is 0 Å². The minimum atomic E-state index is -0.236. The van der Waals surface area contributed by atoms with Gasteiger partial charge in [0.1, 0.15) is 5.82 Å². The number of rotatable bonds is 4. The van der Waals surface area contributed by atoms with Gasteiger partial charge in [-0.25, -0.2) is 4.39 Å². The fourth-order valence-electron chi connectivity index (χ4n) is 1.32. The molecule has 0 saturated carbocycles. The highest BCUT2D eigenvalue weighted by Crippen LogP contribution is 2.19. The molecule has 1 rings (SSSR count). The molecule has 0 aliphatic heterocycles. The highest BCUT2D eigenvalue weighted by molar-refractivity contribution is 5.21. The minimum Gasteiger partial charge on any atom is -0.271 e. The Kier molecular flexibility index (Phi) is 3.80. The highest BCUT2D eigenvalue weighted by atomic mass is 19.1. The summed E-state index contributed by atoms with van der Waals surface area (Å²) in [7, 11) is 0. The van der Waals surface area contributed by atoms with Crippen LogP contribution in [0.4, 0.5) is 4.39 Å². The maximum atomic E-state index is 12.6. The third-order valence-corrected chi connectivity index (χ3v) is 2.03. The van der Waals surface area contributed by atoms with Crippen molar-refractivity contribution >= 4 is 0 Å². The van der Waals surface area contributed by atoms with Crippen LogP contribution in [0.5, 0.6) is 0 Å². The first kappa shape index (κ1) is 10.9. The predicted molar refractivity (Wildman–Crippen MR) is 55.9 cm³/mol. The average Bonchev–Trinajstić information content (AvgIpc) is 2.15. The van der Waals surface area contributed by atoms with E-state index in [0.29, 0.717) is 0 Å². The molecule has 3 N–H and O–H groups in total. The largest absolute Gasteiger partial charge is 0.271 e. The Morgan fingerprint density at radius 2 is 2.07 bits per heavy atom. The Bertz CT molecular complexity index is 306. The summed E-state index contributed by atoms with van der Waals surface area (Å²) in [6.45, 7) is 5.75. The van der Waals surface area contributed by atoms with Gasteiger partial charge in [0.05, 0.1) is 0 Å². The number of benzene rings is 1. The Labute approximate surface area is 83.6 Å². The Hall–Kier alpha value is -1.19. The summed E-state index contributed by atoms with van der Waals surface area (Å²) >= 11 is 0. The molecule has 0 fully saturated rings. The molecule has 0 amide bonds. The van der Waals surface area contributed by atoms with Crippen LogP contribution in [0.2, 0.25) is 0 Å². The Morgan fingerprint density at radius 1 is 1.50 bits per heavy atom. The molecule has 0 saturated heterocycles. The molecule has 0 radical (unpaired) electrons. The lowest BCUT2D eigenvalue weighted by Crippen LogP contribution is -2.28. The summed E-state index contributed by atoms with van der Waals surface area (Å²) < 4.78 is 12.6. The lowest BCUT2D eigenvalue weighted by atomic mass is 10.0. The first-order chi connectivity index (χ1) is 6.63. The lowest BCUT2D eigenvalue weighted by Gasteiger charge is -2.15. The van der Waals surface area contributed by atoms with Gasteiger partial charge in [0.25, 0.3) is 0 Å². The van der Waals surface area contributed by atoms with Crippen molar-refractivity contribution in [2.75, 3.05) is 0 Å². The zero-order chi connectivity index (χ0) is 10.6. The van der Waals surface area contributed by atoms with Gasteiger partial charge in [-0.1, -0.05) is 17.7 Å². The summed E-state index contributed by atoms with van der Waals surface area (Å²) in [6.07, 6.45) is 0.752. The molecule has 1 aromatic rings. The van der Waals surface area contributed by atoms with Gasteiger partial charge in [-0.05, 0) is 31.0 Å². The van der Waals surface area contributed by atoms with Gasteiger partial charge in [-0.3, -0.25) is 11.3 Å². The smallest absolute Gasteiger partial charge is 0.123 e. The van der Waals surface area contributed by atoms with Gasteiger partial charge in [0.2, 0.25) is 0 Å². The standard InChI is InChI=1S/C11H15FN2/c1-8(2)7-11(14-13)9-3-5-10(12)6-4-9/h3-6,11,14H,1,7,13H2,2H3. The average molecular weight is 194 g/mol. The molecule has 0 aromatic heterocycles. The molecule has 14 heavy (non-hydrogen) atoms. The maximum Gasteiger partial charge on any atom is 0.123 e. The second-order valence-electron chi connectivity index (χ2n) is 3.43. The molecule has 0 spiro atoms. The van der Waals surface area contributed by atoms with Crippen LogP contribution in [0.3, 0.4) is 0 Å². The predicted octanol–water partition coefficient (Wildman–Crippen LogP) is 2.30. The molecular formula is C11H15FN2. The summed E-state index contributed by atoms with van der Waals surface area (Å²) in [4.78, 5) is 0. The van der Waals surface area contributed by atoms with E-state index in [2.05, 4.69) is 12.0 Å². The number of hydrogen-bond acceptors (Lipinski definition) is 2. The molecule has 0 heterocycles. The van der Waals surface area contributed by atoms with E-state index in [1.54, 1.807) is 12.1 Å². The Morgan fingerprint density at radius 3 is 2.50 bits per heavy atom. The second kappa shape index (κ2) is 4.88. The number of nitrogens with two attached hydrogens (primary N) is 1. The quantitative estimate of drug-likeness (QED) is 0.438. The third kappa shape index (κ3) is 2.94. The number of hydrogen-bond donors (Lipinski definition) is 2. The number of hydrazine groups is 1. The Balaban J connectivity index is 2.78. The summed E-state index contributed by atoms with van der Waals surface area (Å²) in [5, 5.41) is 0. The summed E-state index contributed by atoms with van der Waals surface area (Å²) in [5.41, 5.74) is 4.69. The van der Waals surface area contributed by atoms with Crippen LogP contribution < -0.4 is 11.3 Å². The monoisotopic (exact) mass is 194 g/mol. The van der Waals surface area contributed by atoms with Crippen molar-refractivity contribution in [1.82, 2.24) is 5.43 Å². The molecule has 2 nitrogen and oxygen atoms in total. The van der Waals surface area contributed by atoms with Crippen LogP contribution >= 0.6 is 0 Å². The zero-order valence-corrected chi connectivity index (χ0v) is 8.26. The van der Waals surface area contributed by atoms with E-state index in [1.807, 2.05) is 6.92 Å². The van der Waals surface area contributed by atoms with Gasteiger partial charge in [-0.15, -0.1) is 6.58 Å². The van der Waals surface area contributed by atoms with Gasteiger partial charge < -0.3 is 0 Å². The van der Waals surface area contributed by atoms with Gasteiger partial charge in [0.15, 0.2) is 0 Å². The van der Waals surface area contributed by atoms with E-state index in [-0.39, 0.29) is 11.9 Å². The first-order valence-electron chi connectivity index (χ1n) is 4.49. The van der Waals surface area contributed by atoms with E-state index < -0.39 is 0 Å². The van der Waals surface area contributed by atoms with Crippen LogP contribution in [0.1, 0.15) is 24.9 Å². The summed E-state index contributed by atoms with van der Waals surface area (Å²) in [5.74, 6) is 5.17. The maximum absolute atomic E-state index is 12.6. The molecule has 3 heteroatoms. The van der Waals surface area contributed by atoms with Crippen molar-refractivity contribution in [1.29, 1.82) is 0 Å². The molecule has 0 bridgehead atoms. The van der Waals surface area contributed by atoms with E-state index >= 15 is 0 Å². The van der Waals surface area contributed by atoms with Crippen LogP contribution in [0.25, 0.3) is 0 Å². The van der Waals surface area contributed by atoms with Gasteiger partial charge in [0, 0.05) is 6.04 Å². The highest BCUT2D eigenvalue weighted by Gasteiger charge is 2.08. The third-order valence-electron chi connectivity index (χ3n) is 2.03. The van der Waals surface area contributed by atoms with Crippen molar-refractivity contribution in [2.45, 2.75) is 19.4 Å². The lowest BCUT2D eigenvalue weighted by molar-refractivity contribution is 0.548. The van der Waals surface area contributed by atoms with E-state index in [4.69, 9.17) is 5.84 Å². The first-order valence-corrected chi connectivity index (χ1v) is 4.49. The van der Waals surface area contributed by atoms with Crippen molar-refractivity contribution in [3.8, 4) is 0 Å². The second-order valence-corrected chi connectivity index (χ2v) is 3.43. The van der Waals surface area contributed by atoms with Crippen molar-refractivity contribution in [3.05, 3.63) is 47.8 Å². The molecule has 0 aliphatic carbocycles. The van der Waals surface area contributed by atoms with Gasteiger partial charge >= 0.3 is 0 Å². The SMILES string of the molecule is C=C(C)CC(NN)c1ccc(F)cc1. The molecule has 76 valence electrons. The van der Waals surface area contributed by atoms with E-state index in [0.717, 1.165) is 17.6 Å². The van der Waals surface area contributed by atoms with Crippen LogP contribution in [0.15, 0.2) is 36.4 Å². The van der Waals surface area contributed by atoms with Crippen molar-refractivity contribution in [2.24, 2.45) is 5.84 Å². The molecule has 1 unspecified atom stereocenters. The minimum absolute atomic E-state index is 0.00750. The zero-order valence-electron chi connectivity index (χ0n) is 8.26. The number of halogens is 1. The normalized spacial score (nSPS) is 12.5. The topological polar surface area (TPSA) is 38.0 Å². The fourth-order valence-corrected chi connectivity index (χ4v) is 1.32. The molecule has 1 aromatic carbocycles. The van der Waals surface area contributed by atoms with Gasteiger partial charge in [-0.2, -0.15) is 0 Å². The van der Waals surface area contributed by atoms with E-state index in [9.17, 15) is 4.39 Å². The summed E-state index contributed by atoms with van der Waals surface area (Å²) in [6, 6.07) is 6.31. The fraction of sp³-hybridized carbons (Fsp3) is 0.273. The molecular weight excluding hydrogens is 179 g/mol. The molecule has 0 aliphatic rings. The van der Waals surface area contributed by atoms with E-state index in [1.165, 1.54) is 12.1 Å². The number of nitrogens with one attached hydrogen (secondary N) is 1. The van der Waals surface area contributed by atoms with Crippen LogP contribution in [-0.2, 0) is 0 Å². The van der Waals surface area contributed by atoms with Crippen LogP contribution in [0, 0.1) is 5.82 Å². The van der Waals surface area contributed by atoms with Crippen molar-refractivity contribution in [3.63, 3.8) is 0 Å². The molecule has 1 atom stereocenters. The van der Waals surface area contributed by atoms with Crippen molar-refractivity contribution < 1.29 is 4.39 Å².